The van der Waals surface area contributed by atoms with E-state index in [1.54, 1.807) is 6.92 Å². The van der Waals surface area contributed by atoms with E-state index >= 15 is 0 Å². The molecule has 0 spiro atoms. The third-order valence-electron chi connectivity index (χ3n) is 3.95. The van der Waals surface area contributed by atoms with Crippen LogP contribution in [0.3, 0.4) is 0 Å². The highest BCUT2D eigenvalue weighted by atomic mass is 32.2. The van der Waals surface area contributed by atoms with Gasteiger partial charge in [-0.3, -0.25) is 4.79 Å². The number of amides is 1. The van der Waals surface area contributed by atoms with Crippen molar-refractivity contribution in [3.8, 4) is 11.5 Å². The molecule has 1 aromatic carbocycles. The van der Waals surface area contributed by atoms with Crippen molar-refractivity contribution in [2.24, 2.45) is 11.0 Å². The van der Waals surface area contributed by atoms with Gasteiger partial charge >= 0.3 is 6.61 Å². The van der Waals surface area contributed by atoms with Gasteiger partial charge in [-0.05, 0) is 37.5 Å². The van der Waals surface area contributed by atoms with Gasteiger partial charge in [0.15, 0.2) is 21.3 Å². The molecule has 1 fully saturated rings. The molecule has 0 aliphatic carbocycles. The Morgan fingerprint density at radius 3 is 2.69 bits per heavy atom. The summed E-state index contributed by atoms with van der Waals surface area (Å²) < 4.78 is 56.8. The maximum absolute atomic E-state index is 12.3. The van der Waals surface area contributed by atoms with E-state index in [0.29, 0.717) is 17.7 Å². The smallest absolute Gasteiger partial charge is 0.387 e. The number of sulfone groups is 1. The molecule has 1 aliphatic rings. The molecule has 0 saturated carbocycles. The number of hydrogen-bond donors (Lipinski definition) is 1. The van der Waals surface area contributed by atoms with Crippen LogP contribution in [0.5, 0.6) is 11.5 Å². The summed E-state index contributed by atoms with van der Waals surface area (Å²) in [5.41, 5.74) is 3.36. The van der Waals surface area contributed by atoms with Gasteiger partial charge in [0.25, 0.3) is 0 Å². The molecule has 1 atom stereocenters. The van der Waals surface area contributed by atoms with E-state index in [1.807, 2.05) is 0 Å². The van der Waals surface area contributed by atoms with Crippen molar-refractivity contribution in [3.05, 3.63) is 23.8 Å². The SMILES string of the molecule is COc1cc(/C(C)=N\NC(=O)C[C@H]2CCS(=O)(=O)C2)ccc1OC(F)F. The van der Waals surface area contributed by atoms with E-state index < -0.39 is 16.4 Å². The second-order valence-corrected chi connectivity index (χ2v) is 8.18. The van der Waals surface area contributed by atoms with Gasteiger partial charge in [-0.25, -0.2) is 13.8 Å². The highest BCUT2D eigenvalue weighted by Crippen LogP contribution is 2.29. The molecule has 26 heavy (non-hydrogen) atoms. The van der Waals surface area contributed by atoms with Gasteiger partial charge in [0.05, 0.1) is 24.3 Å². The summed E-state index contributed by atoms with van der Waals surface area (Å²) in [6, 6.07) is 4.30. The Morgan fingerprint density at radius 1 is 1.38 bits per heavy atom. The first-order valence-electron chi connectivity index (χ1n) is 7.87. The minimum absolute atomic E-state index is 0.0198. The minimum Gasteiger partial charge on any atom is -0.493 e. The van der Waals surface area contributed by atoms with E-state index in [2.05, 4.69) is 15.3 Å². The van der Waals surface area contributed by atoms with Crippen LogP contribution in [0.15, 0.2) is 23.3 Å². The van der Waals surface area contributed by atoms with Crippen LogP contribution < -0.4 is 14.9 Å². The second kappa shape index (κ2) is 8.43. The zero-order valence-corrected chi connectivity index (χ0v) is 15.2. The Kier molecular flexibility index (Phi) is 6.52. The molecule has 1 aliphatic heterocycles. The molecule has 1 saturated heterocycles. The topological polar surface area (TPSA) is 94.1 Å². The number of rotatable bonds is 7. The summed E-state index contributed by atoms with van der Waals surface area (Å²) in [5, 5.41) is 3.96. The van der Waals surface area contributed by atoms with Crippen molar-refractivity contribution in [3.63, 3.8) is 0 Å². The number of nitrogens with one attached hydrogen (secondary N) is 1. The molecule has 0 bridgehead atoms. The number of hydrogen-bond acceptors (Lipinski definition) is 6. The third kappa shape index (κ3) is 5.65. The lowest BCUT2D eigenvalue weighted by Crippen LogP contribution is -2.22. The molecule has 1 amide bonds. The van der Waals surface area contributed by atoms with Gasteiger partial charge in [-0.15, -0.1) is 0 Å². The van der Waals surface area contributed by atoms with Crippen molar-refractivity contribution in [2.75, 3.05) is 18.6 Å². The van der Waals surface area contributed by atoms with E-state index in [0.717, 1.165) is 0 Å². The summed E-state index contributed by atoms with van der Waals surface area (Å²) in [6.45, 7) is -1.34. The Morgan fingerprint density at radius 2 is 2.12 bits per heavy atom. The first kappa shape index (κ1) is 20.1. The third-order valence-corrected chi connectivity index (χ3v) is 5.78. The van der Waals surface area contributed by atoms with Crippen LogP contribution in [0.4, 0.5) is 8.78 Å². The number of benzene rings is 1. The molecule has 144 valence electrons. The quantitative estimate of drug-likeness (QED) is 0.567. The Hall–Kier alpha value is -2.23. The summed E-state index contributed by atoms with van der Waals surface area (Å²) in [5.74, 6) is -0.436. The van der Waals surface area contributed by atoms with Crippen molar-refractivity contribution in [1.29, 1.82) is 0 Å². The maximum Gasteiger partial charge on any atom is 0.387 e. The zero-order chi connectivity index (χ0) is 19.3. The van der Waals surface area contributed by atoms with Crippen molar-refractivity contribution >= 4 is 21.5 Å². The monoisotopic (exact) mass is 390 g/mol. The normalized spacial score (nSPS) is 19.4. The largest absolute Gasteiger partial charge is 0.493 e. The number of carbonyl (C=O) groups excluding carboxylic acids is 1. The predicted molar refractivity (Wildman–Crippen MR) is 91.4 cm³/mol. The molecule has 1 aromatic rings. The molecule has 1 N–H and O–H groups in total. The Bertz CT molecular complexity index is 796. The molecule has 2 rings (SSSR count). The van der Waals surface area contributed by atoms with Gasteiger partial charge in [0.2, 0.25) is 5.91 Å². The lowest BCUT2D eigenvalue weighted by atomic mass is 10.1. The highest BCUT2D eigenvalue weighted by molar-refractivity contribution is 7.91. The summed E-state index contributed by atoms with van der Waals surface area (Å²) in [7, 11) is -1.71. The highest BCUT2D eigenvalue weighted by Gasteiger charge is 2.29. The minimum atomic E-state index is -3.03. The molecule has 1 heterocycles. The van der Waals surface area contributed by atoms with Crippen LogP contribution in [0.25, 0.3) is 0 Å². The number of hydrazone groups is 1. The summed E-state index contributed by atoms with van der Waals surface area (Å²) >= 11 is 0. The first-order valence-corrected chi connectivity index (χ1v) is 9.69. The predicted octanol–water partition coefficient (Wildman–Crippen LogP) is 1.96. The molecular weight excluding hydrogens is 370 g/mol. The number of halogens is 2. The lowest BCUT2D eigenvalue weighted by molar-refractivity contribution is -0.121. The van der Waals surface area contributed by atoms with Gasteiger partial charge in [0.1, 0.15) is 0 Å². The van der Waals surface area contributed by atoms with Crippen molar-refractivity contribution in [1.82, 2.24) is 5.43 Å². The lowest BCUT2D eigenvalue weighted by Gasteiger charge is -2.11. The van der Waals surface area contributed by atoms with Crippen molar-refractivity contribution < 1.29 is 31.5 Å². The molecule has 0 aromatic heterocycles. The number of methoxy groups -OCH3 is 1. The van der Waals surface area contributed by atoms with Gasteiger partial charge < -0.3 is 9.47 Å². The summed E-state index contributed by atoms with van der Waals surface area (Å²) in [6.07, 6.45) is 0.557. The fraction of sp³-hybridized carbons (Fsp3) is 0.500. The molecule has 10 heteroatoms. The number of ether oxygens (including phenoxy) is 2. The van der Waals surface area contributed by atoms with Crippen LogP contribution in [0.2, 0.25) is 0 Å². The van der Waals surface area contributed by atoms with Crippen LogP contribution in [0, 0.1) is 5.92 Å². The van der Waals surface area contributed by atoms with Gasteiger partial charge in [-0.1, -0.05) is 0 Å². The van der Waals surface area contributed by atoms with E-state index in [1.165, 1.54) is 25.3 Å². The average molecular weight is 390 g/mol. The molecule has 0 unspecified atom stereocenters. The van der Waals surface area contributed by atoms with Crippen LogP contribution in [-0.4, -0.2) is 45.3 Å². The zero-order valence-electron chi connectivity index (χ0n) is 14.4. The van der Waals surface area contributed by atoms with Gasteiger partial charge in [-0.2, -0.15) is 13.9 Å². The van der Waals surface area contributed by atoms with E-state index in [4.69, 9.17) is 4.74 Å². The molecule has 7 nitrogen and oxygen atoms in total. The Balaban J connectivity index is 1.99. The van der Waals surface area contributed by atoms with Crippen LogP contribution in [0.1, 0.15) is 25.3 Å². The molecular formula is C16H20F2N2O5S. The average Bonchev–Trinajstić information content (AvgIpc) is 2.91. The standard InChI is InChI=1S/C16H20F2N2O5S/c1-10(12-3-4-13(25-16(17)18)14(8-12)24-2)19-20-15(21)7-11-5-6-26(22,23)9-11/h3-4,8,11,16H,5-7,9H2,1-2H3,(H,20,21)/b19-10-/t11-/m1/s1. The first-order chi connectivity index (χ1) is 12.2. The van der Waals surface area contributed by atoms with Gasteiger partial charge in [0, 0.05) is 12.0 Å². The molecule has 0 radical (unpaired) electrons. The second-order valence-electron chi connectivity index (χ2n) is 5.95. The van der Waals surface area contributed by atoms with Crippen molar-refractivity contribution in [2.45, 2.75) is 26.4 Å². The Labute approximate surface area is 150 Å². The summed E-state index contributed by atoms with van der Waals surface area (Å²) in [4.78, 5) is 11.9. The van der Waals surface area contributed by atoms with E-state index in [-0.39, 0.29) is 41.3 Å². The maximum atomic E-state index is 12.3. The fourth-order valence-electron chi connectivity index (χ4n) is 2.64. The van der Waals surface area contributed by atoms with E-state index in [9.17, 15) is 22.0 Å². The van der Waals surface area contributed by atoms with Crippen LogP contribution in [-0.2, 0) is 14.6 Å². The number of carbonyl (C=O) groups is 1. The van der Waals surface area contributed by atoms with Crippen LogP contribution >= 0.6 is 0 Å². The number of alkyl halides is 2. The number of nitrogens with zero attached hydrogens (tertiary/aromatic N) is 1. The fourth-order valence-corrected chi connectivity index (χ4v) is 4.50.